The Balaban J connectivity index is 2.79. The number of nitro groups is 1. The molecule has 6 nitrogen and oxygen atoms in total. The average molecular weight is 224 g/mol. The van der Waals surface area contributed by atoms with E-state index in [1.165, 1.54) is 0 Å². The molecular formula is C10H16N4O2. The second-order valence-electron chi connectivity index (χ2n) is 3.77. The summed E-state index contributed by atoms with van der Waals surface area (Å²) >= 11 is 0. The fraction of sp³-hybridized carbons (Fsp3) is 0.500. The smallest absolute Gasteiger partial charge is 0.314 e. The Bertz CT molecular complexity index is 379. The van der Waals surface area contributed by atoms with Crippen molar-refractivity contribution >= 4 is 11.5 Å². The van der Waals surface area contributed by atoms with Gasteiger partial charge in [0, 0.05) is 24.3 Å². The van der Waals surface area contributed by atoms with Crippen molar-refractivity contribution < 1.29 is 4.92 Å². The minimum Gasteiger partial charge on any atom is -0.364 e. The van der Waals surface area contributed by atoms with E-state index in [0.717, 1.165) is 6.42 Å². The molecule has 0 aromatic carbocycles. The third kappa shape index (κ3) is 3.16. The Morgan fingerprint density at radius 1 is 1.69 bits per heavy atom. The molecule has 0 amide bonds. The van der Waals surface area contributed by atoms with Gasteiger partial charge >= 0.3 is 5.69 Å². The zero-order valence-electron chi connectivity index (χ0n) is 9.43. The Labute approximate surface area is 94.0 Å². The molecule has 1 atom stereocenters. The van der Waals surface area contributed by atoms with E-state index < -0.39 is 4.92 Å². The Morgan fingerprint density at radius 2 is 2.38 bits per heavy atom. The topological polar surface area (TPSA) is 94.1 Å². The van der Waals surface area contributed by atoms with Crippen LogP contribution < -0.4 is 11.1 Å². The number of anilines is 1. The van der Waals surface area contributed by atoms with Gasteiger partial charge in [0.15, 0.2) is 0 Å². The highest BCUT2D eigenvalue weighted by Crippen LogP contribution is 2.25. The molecule has 1 aromatic rings. The molecule has 0 radical (unpaired) electrons. The maximum Gasteiger partial charge on any atom is 0.314 e. The standard InChI is InChI=1S/C10H16N4O2/c1-7-3-5-12-10(9(7)14(15)16)13-6-4-8(2)11/h3,5,8H,4,6,11H2,1-2H3,(H,12,13). The molecule has 0 fully saturated rings. The Hall–Kier alpha value is -1.69. The summed E-state index contributed by atoms with van der Waals surface area (Å²) in [6.07, 6.45) is 2.29. The third-order valence-electron chi connectivity index (χ3n) is 2.20. The van der Waals surface area contributed by atoms with Crippen molar-refractivity contribution in [3.63, 3.8) is 0 Å². The van der Waals surface area contributed by atoms with E-state index in [2.05, 4.69) is 10.3 Å². The predicted molar refractivity (Wildman–Crippen MR) is 62.4 cm³/mol. The lowest BCUT2D eigenvalue weighted by atomic mass is 10.2. The lowest BCUT2D eigenvalue weighted by Crippen LogP contribution is -2.19. The van der Waals surface area contributed by atoms with Crippen LogP contribution in [-0.2, 0) is 0 Å². The van der Waals surface area contributed by atoms with E-state index in [0.29, 0.717) is 17.9 Å². The van der Waals surface area contributed by atoms with Crippen LogP contribution in [0, 0.1) is 17.0 Å². The zero-order chi connectivity index (χ0) is 12.1. The number of hydrogen-bond acceptors (Lipinski definition) is 5. The maximum absolute atomic E-state index is 10.8. The van der Waals surface area contributed by atoms with Crippen molar-refractivity contribution in [3.8, 4) is 0 Å². The maximum atomic E-state index is 10.8. The summed E-state index contributed by atoms with van der Waals surface area (Å²) in [5, 5.41) is 13.8. The van der Waals surface area contributed by atoms with E-state index in [9.17, 15) is 10.1 Å². The summed E-state index contributed by atoms with van der Waals surface area (Å²) in [4.78, 5) is 14.4. The molecule has 1 heterocycles. The molecule has 1 unspecified atom stereocenters. The van der Waals surface area contributed by atoms with Crippen molar-refractivity contribution in [2.24, 2.45) is 5.73 Å². The van der Waals surface area contributed by atoms with Gasteiger partial charge in [0.25, 0.3) is 0 Å². The van der Waals surface area contributed by atoms with Gasteiger partial charge in [-0.3, -0.25) is 10.1 Å². The van der Waals surface area contributed by atoms with Crippen LogP contribution in [-0.4, -0.2) is 22.5 Å². The molecular weight excluding hydrogens is 208 g/mol. The first kappa shape index (κ1) is 12.4. The summed E-state index contributed by atoms with van der Waals surface area (Å²) in [6.45, 7) is 4.16. The van der Waals surface area contributed by atoms with Gasteiger partial charge in [0.1, 0.15) is 0 Å². The largest absolute Gasteiger partial charge is 0.364 e. The average Bonchev–Trinajstić information content (AvgIpc) is 2.16. The van der Waals surface area contributed by atoms with Crippen LogP contribution in [0.5, 0.6) is 0 Å². The van der Waals surface area contributed by atoms with Crippen molar-refractivity contribution in [3.05, 3.63) is 27.9 Å². The number of rotatable bonds is 5. The van der Waals surface area contributed by atoms with Gasteiger partial charge in [-0.05, 0) is 26.3 Å². The number of nitrogens with one attached hydrogen (secondary N) is 1. The third-order valence-corrected chi connectivity index (χ3v) is 2.20. The fourth-order valence-corrected chi connectivity index (χ4v) is 1.33. The van der Waals surface area contributed by atoms with Gasteiger partial charge in [-0.15, -0.1) is 0 Å². The molecule has 88 valence electrons. The second kappa shape index (κ2) is 5.41. The Kier molecular flexibility index (Phi) is 4.19. The van der Waals surface area contributed by atoms with Gasteiger partial charge in [0.05, 0.1) is 4.92 Å². The summed E-state index contributed by atoms with van der Waals surface area (Å²) in [6, 6.07) is 1.69. The van der Waals surface area contributed by atoms with Crippen LogP contribution in [0.2, 0.25) is 0 Å². The van der Waals surface area contributed by atoms with Crippen molar-refractivity contribution in [2.75, 3.05) is 11.9 Å². The minimum atomic E-state index is -0.420. The molecule has 0 aliphatic carbocycles. The van der Waals surface area contributed by atoms with Crippen LogP contribution in [0.25, 0.3) is 0 Å². The first-order valence-corrected chi connectivity index (χ1v) is 5.12. The van der Waals surface area contributed by atoms with Crippen molar-refractivity contribution in [2.45, 2.75) is 26.3 Å². The van der Waals surface area contributed by atoms with Gasteiger partial charge in [-0.1, -0.05) is 0 Å². The molecule has 0 spiro atoms. The zero-order valence-corrected chi connectivity index (χ0v) is 9.43. The molecule has 1 aromatic heterocycles. The number of aromatic nitrogens is 1. The SMILES string of the molecule is Cc1ccnc(NCCC(C)N)c1[N+](=O)[O-]. The molecule has 0 aliphatic heterocycles. The summed E-state index contributed by atoms with van der Waals surface area (Å²) in [5.74, 6) is 0.311. The molecule has 0 bridgehead atoms. The van der Waals surface area contributed by atoms with E-state index in [-0.39, 0.29) is 11.7 Å². The van der Waals surface area contributed by atoms with Crippen LogP contribution >= 0.6 is 0 Å². The van der Waals surface area contributed by atoms with Gasteiger partial charge in [-0.25, -0.2) is 4.98 Å². The van der Waals surface area contributed by atoms with Gasteiger partial charge < -0.3 is 11.1 Å². The molecule has 0 saturated heterocycles. The van der Waals surface area contributed by atoms with E-state index >= 15 is 0 Å². The fourth-order valence-electron chi connectivity index (χ4n) is 1.33. The highest BCUT2D eigenvalue weighted by Gasteiger charge is 2.17. The first-order chi connectivity index (χ1) is 7.52. The number of nitrogens with zero attached hydrogens (tertiary/aromatic N) is 2. The van der Waals surface area contributed by atoms with Crippen LogP contribution in [0.3, 0.4) is 0 Å². The number of aryl methyl sites for hydroxylation is 1. The lowest BCUT2D eigenvalue weighted by molar-refractivity contribution is -0.384. The van der Waals surface area contributed by atoms with Crippen molar-refractivity contribution in [1.29, 1.82) is 0 Å². The van der Waals surface area contributed by atoms with Crippen molar-refractivity contribution in [1.82, 2.24) is 4.98 Å². The molecule has 0 saturated carbocycles. The number of hydrogen-bond donors (Lipinski definition) is 2. The van der Waals surface area contributed by atoms with E-state index in [1.807, 2.05) is 6.92 Å². The minimum absolute atomic E-state index is 0.0344. The van der Waals surface area contributed by atoms with E-state index in [1.54, 1.807) is 19.2 Å². The van der Waals surface area contributed by atoms with Crippen LogP contribution in [0.15, 0.2) is 12.3 Å². The Morgan fingerprint density at radius 3 is 2.94 bits per heavy atom. The lowest BCUT2D eigenvalue weighted by Gasteiger charge is -2.08. The van der Waals surface area contributed by atoms with Gasteiger partial charge in [-0.2, -0.15) is 0 Å². The summed E-state index contributed by atoms with van der Waals surface area (Å²) in [7, 11) is 0. The first-order valence-electron chi connectivity index (χ1n) is 5.12. The van der Waals surface area contributed by atoms with Crippen LogP contribution in [0.1, 0.15) is 18.9 Å². The number of pyridine rings is 1. The quantitative estimate of drug-likeness (QED) is 0.583. The molecule has 16 heavy (non-hydrogen) atoms. The molecule has 0 aliphatic rings. The predicted octanol–water partition coefficient (Wildman–Crippen LogP) is 1.45. The molecule has 6 heteroatoms. The van der Waals surface area contributed by atoms with E-state index in [4.69, 9.17) is 5.73 Å². The van der Waals surface area contributed by atoms with Gasteiger partial charge in [0.2, 0.25) is 5.82 Å². The highest BCUT2D eigenvalue weighted by atomic mass is 16.6. The monoisotopic (exact) mass is 224 g/mol. The molecule has 1 rings (SSSR count). The number of nitrogens with two attached hydrogens (primary N) is 1. The second-order valence-corrected chi connectivity index (χ2v) is 3.77. The van der Waals surface area contributed by atoms with Crippen LogP contribution in [0.4, 0.5) is 11.5 Å². The normalized spacial score (nSPS) is 12.2. The molecule has 3 N–H and O–H groups in total. The summed E-state index contributed by atoms with van der Waals surface area (Å²) in [5.41, 5.74) is 6.22. The highest BCUT2D eigenvalue weighted by molar-refractivity contribution is 5.59. The summed E-state index contributed by atoms with van der Waals surface area (Å²) < 4.78 is 0.